The molecule has 0 aliphatic rings. The first-order valence-electron chi connectivity index (χ1n) is 11.1. The molecule has 0 bridgehead atoms. The first-order valence-corrected chi connectivity index (χ1v) is 13.6. The highest BCUT2D eigenvalue weighted by Crippen LogP contribution is 2.23. The van der Waals surface area contributed by atoms with Crippen molar-refractivity contribution in [2.75, 3.05) is 11.5 Å². The summed E-state index contributed by atoms with van der Waals surface area (Å²) in [6.07, 6.45) is 26.2. The van der Waals surface area contributed by atoms with Gasteiger partial charge in [0.15, 0.2) is 0 Å². The van der Waals surface area contributed by atoms with Gasteiger partial charge in [-0.2, -0.15) is 0 Å². The van der Waals surface area contributed by atoms with Crippen molar-refractivity contribution in [2.24, 2.45) is 0 Å². The summed E-state index contributed by atoms with van der Waals surface area (Å²) in [5.74, 6) is 2.23. The van der Waals surface area contributed by atoms with Gasteiger partial charge in [-0.15, -0.1) is 0 Å². The Bertz CT molecular complexity index is 246. The zero-order chi connectivity index (χ0) is 18.3. The molecule has 0 aliphatic carbocycles. The average Bonchev–Trinajstić information content (AvgIpc) is 2.63. The fourth-order valence-corrected chi connectivity index (χ4v) is 5.20. The molecule has 3 heteroatoms. The van der Waals surface area contributed by atoms with Crippen LogP contribution in [0.25, 0.3) is 0 Å². The van der Waals surface area contributed by atoms with Crippen molar-refractivity contribution in [1.29, 1.82) is 0 Å². The van der Waals surface area contributed by atoms with Crippen molar-refractivity contribution in [3.63, 3.8) is 0 Å². The maximum absolute atomic E-state index is 10.2. The third-order valence-electron chi connectivity index (χ3n) is 4.73. The van der Waals surface area contributed by atoms with Gasteiger partial charge < -0.3 is 4.79 Å². The van der Waals surface area contributed by atoms with Crippen molar-refractivity contribution in [2.45, 2.75) is 122 Å². The second-order valence-corrected chi connectivity index (χ2v) is 9.96. The third-order valence-corrected chi connectivity index (χ3v) is 7.26. The maximum atomic E-state index is 10.2. The molecule has 0 heterocycles. The second kappa shape index (κ2) is 24.4. The smallest absolute Gasteiger partial charge is 0.120 e. The first kappa shape index (κ1) is 25.4. The quantitative estimate of drug-likeness (QED) is 0.105. The molecule has 0 unspecified atom stereocenters. The Balaban J connectivity index is 2.95. The van der Waals surface area contributed by atoms with E-state index in [-0.39, 0.29) is 0 Å². The predicted molar refractivity (Wildman–Crippen MR) is 120 cm³/mol. The number of rotatable bonds is 22. The zero-order valence-corrected chi connectivity index (χ0v) is 18.6. The van der Waals surface area contributed by atoms with Crippen molar-refractivity contribution in [1.82, 2.24) is 0 Å². The zero-order valence-electron chi connectivity index (χ0n) is 16.9. The topological polar surface area (TPSA) is 17.1 Å². The Kier molecular flexibility index (Phi) is 24.7. The molecule has 1 nitrogen and oxygen atoms in total. The molecule has 0 spiro atoms. The van der Waals surface area contributed by atoms with Crippen LogP contribution in [0.3, 0.4) is 0 Å². The number of carbonyl (C=O) groups excluding carboxylic acids is 1. The van der Waals surface area contributed by atoms with Crippen molar-refractivity contribution in [3.05, 3.63) is 0 Å². The molecule has 0 saturated carbocycles. The summed E-state index contributed by atoms with van der Waals surface area (Å²) in [7, 11) is 3.79. The lowest BCUT2D eigenvalue weighted by Crippen LogP contribution is -1.84. The molecule has 0 saturated heterocycles. The van der Waals surface area contributed by atoms with Crippen LogP contribution in [0.1, 0.15) is 122 Å². The summed E-state index contributed by atoms with van der Waals surface area (Å²) in [5.41, 5.74) is 0. The highest BCUT2D eigenvalue weighted by Gasteiger charge is 1.95. The van der Waals surface area contributed by atoms with Crippen LogP contribution in [0.2, 0.25) is 0 Å². The number of hydrogen-bond donors (Lipinski definition) is 0. The second-order valence-electron chi connectivity index (χ2n) is 7.26. The van der Waals surface area contributed by atoms with Gasteiger partial charge >= 0.3 is 0 Å². The molecule has 0 aromatic heterocycles. The molecule has 0 atom stereocenters. The summed E-state index contributed by atoms with van der Waals surface area (Å²) in [6.45, 7) is 2.29. The van der Waals surface area contributed by atoms with E-state index in [2.05, 4.69) is 6.92 Å². The van der Waals surface area contributed by atoms with Crippen LogP contribution in [0, 0.1) is 0 Å². The standard InChI is InChI=1S/C22H44OS2/c1-2-3-4-5-6-7-8-9-10-11-12-13-14-15-16-17-18-21-24-25-22-19-20-23/h20H,2-19,21-22H2,1H3. The van der Waals surface area contributed by atoms with Crippen LogP contribution in [0.4, 0.5) is 0 Å². The minimum atomic E-state index is 0.705. The van der Waals surface area contributed by atoms with Gasteiger partial charge in [-0.25, -0.2) is 0 Å². The number of hydrogen-bond acceptors (Lipinski definition) is 3. The van der Waals surface area contributed by atoms with Crippen molar-refractivity contribution >= 4 is 27.9 Å². The summed E-state index contributed by atoms with van der Waals surface area (Å²) in [4.78, 5) is 10.2. The van der Waals surface area contributed by atoms with Gasteiger partial charge in [-0.05, 0) is 6.42 Å². The lowest BCUT2D eigenvalue weighted by Gasteiger charge is -2.04. The molecule has 0 aromatic rings. The van der Waals surface area contributed by atoms with Crippen LogP contribution >= 0.6 is 21.6 Å². The summed E-state index contributed by atoms with van der Waals surface area (Å²) in [5, 5.41) is 0. The maximum Gasteiger partial charge on any atom is 0.120 e. The molecule has 150 valence electrons. The molecule has 0 N–H and O–H groups in total. The van der Waals surface area contributed by atoms with Crippen LogP contribution in [-0.2, 0) is 4.79 Å². The minimum Gasteiger partial charge on any atom is -0.303 e. The lowest BCUT2D eigenvalue weighted by molar-refractivity contribution is -0.107. The molecule has 25 heavy (non-hydrogen) atoms. The van der Waals surface area contributed by atoms with E-state index in [0.29, 0.717) is 6.42 Å². The fraction of sp³-hybridized carbons (Fsp3) is 0.955. The van der Waals surface area contributed by atoms with Crippen LogP contribution in [0.15, 0.2) is 0 Å². The van der Waals surface area contributed by atoms with Crippen LogP contribution in [-0.4, -0.2) is 17.8 Å². The molecule has 0 aromatic carbocycles. The van der Waals surface area contributed by atoms with Crippen molar-refractivity contribution in [3.8, 4) is 0 Å². The Morgan fingerprint density at radius 2 is 0.880 bits per heavy atom. The number of carbonyl (C=O) groups is 1. The number of unbranched alkanes of at least 4 members (excludes halogenated alkanes) is 16. The number of aldehydes is 1. The van der Waals surface area contributed by atoms with Crippen molar-refractivity contribution < 1.29 is 4.79 Å². The molecule has 0 rings (SSSR count). The predicted octanol–water partition coefficient (Wildman–Crippen LogP) is 8.61. The highest BCUT2D eigenvalue weighted by atomic mass is 33.1. The minimum absolute atomic E-state index is 0.705. The molecule has 0 radical (unpaired) electrons. The Morgan fingerprint density at radius 1 is 0.520 bits per heavy atom. The summed E-state index contributed by atoms with van der Waals surface area (Å²) >= 11 is 0. The van der Waals surface area contributed by atoms with E-state index in [0.717, 1.165) is 12.0 Å². The van der Waals surface area contributed by atoms with Gasteiger partial charge in [-0.1, -0.05) is 131 Å². The van der Waals surface area contributed by atoms with Gasteiger partial charge in [0.2, 0.25) is 0 Å². The third kappa shape index (κ3) is 24.4. The first-order chi connectivity index (χ1) is 12.4. The fourth-order valence-electron chi connectivity index (χ4n) is 3.10. The largest absolute Gasteiger partial charge is 0.303 e. The van der Waals surface area contributed by atoms with Crippen LogP contribution in [0.5, 0.6) is 0 Å². The van der Waals surface area contributed by atoms with Gasteiger partial charge in [0.25, 0.3) is 0 Å². The summed E-state index contributed by atoms with van der Waals surface area (Å²) < 4.78 is 0. The highest BCUT2D eigenvalue weighted by molar-refractivity contribution is 8.76. The van der Waals surface area contributed by atoms with Gasteiger partial charge in [-0.3, -0.25) is 0 Å². The molecular weight excluding hydrogens is 344 g/mol. The average molecular weight is 389 g/mol. The van der Waals surface area contributed by atoms with Gasteiger partial charge in [0.05, 0.1) is 0 Å². The van der Waals surface area contributed by atoms with E-state index >= 15 is 0 Å². The van der Waals surface area contributed by atoms with Gasteiger partial charge in [0.1, 0.15) is 6.29 Å². The van der Waals surface area contributed by atoms with Gasteiger partial charge in [0, 0.05) is 17.9 Å². The Labute approximate surface area is 166 Å². The van der Waals surface area contributed by atoms with E-state index in [4.69, 9.17) is 0 Å². The van der Waals surface area contributed by atoms with E-state index in [9.17, 15) is 4.79 Å². The monoisotopic (exact) mass is 388 g/mol. The summed E-state index contributed by atoms with van der Waals surface area (Å²) in [6, 6.07) is 0. The SMILES string of the molecule is CCCCCCCCCCCCCCCCCCCSSCCC=O. The van der Waals surface area contributed by atoms with E-state index in [1.54, 1.807) is 0 Å². The van der Waals surface area contributed by atoms with Crippen LogP contribution < -0.4 is 0 Å². The molecule has 0 amide bonds. The Hall–Kier alpha value is 0.370. The Morgan fingerprint density at radius 3 is 1.28 bits per heavy atom. The normalized spacial score (nSPS) is 11.1. The van der Waals surface area contributed by atoms with E-state index in [1.807, 2.05) is 21.6 Å². The molecular formula is C22H44OS2. The lowest BCUT2D eigenvalue weighted by atomic mass is 10.0. The van der Waals surface area contributed by atoms with E-state index < -0.39 is 0 Å². The van der Waals surface area contributed by atoms with E-state index in [1.165, 1.54) is 115 Å². The molecule has 0 fully saturated rings. The molecule has 0 aliphatic heterocycles.